The SMILES string of the molecule is O=C1c2ccccc2S(=O)(=O)C(c2ccccc2)N1c1ccccc1. The van der Waals surface area contributed by atoms with Crippen LogP contribution in [0.25, 0.3) is 0 Å². The smallest absolute Gasteiger partial charge is 0.261 e. The highest BCUT2D eigenvalue weighted by Crippen LogP contribution is 2.41. The molecule has 1 unspecified atom stereocenters. The predicted octanol–water partition coefficient (Wildman–Crippen LogP) is 3.82. The van der Waals surface area contributed by atoms with E-state index in [-0.39, 0.29) is 16.4 Å². The zero-order chi connectivity index (χ0) is 17.4. The van der Waals surface area contributed by atoms with Crippen LogP contribution in [-0.4, -0.2) is 14.3 Å². The molecule has 0 saturated heterocycles. The summed E-state index contributed by atoms with van der Waals surface area (Å²) >= 11 is 0. The number of carbonyl (C=O) groups is 1. The molecule has 25 heavy (non-hydrogen) atoms. The van der Waals surface area contributed by atoms with Crippen molar-refractivity contribution < 1.29 is 13.2 Å². The minimum Gasteiger partial charge on any atom is -0.286 e. The second-order valence-corrected chi connectivity index (χ2v) is 7.79. The molecule has 124 valence electrons. The van der Waals surface area contributed by atoms with Crippen molar-refractivity contribution in [2.75, 3.05) is 4.90 Å². The van der Waals surface area contributed by atoms with Gasteiger partial charge < -0.3 is 0 Å². The number of rotatable bonds is 2. The highest BCUT2D eigenvalue weighted by molar-refractivity contribution is 7.92. The molecule has 1 atom stereocenters. The van der Waals surface area contributed by atoms with E-state index in [1.165, 1.54) is 11.0 Å². The normalized spacial score (nSPS) is 18.6. The van der Waals surface area contributed by atoms with E-state index in [4.69, 9.17) is 0 Å². The third-order valence-corrected chi connectivity index (χ3v) is 6.33. The fourth-order valence-electron chi connectivity index (χ4n) is 3.17. The van der Waals surface area contributed by atoms with Crippen molar-refractivity contribution in [1.82, 2.24) is 0 Å². The van der Waals surface area contributed by atoms with Gasteiger partial charge in [0.15, 0.2) is 5.37 Å². The van der Waals surface area contributed by atoms with E-state index >= 15 is 0 Å². The molecular weight excluding hydrogens is 334 g/mol. The number of hydrogen-bond donors (Lipinski definition) is 0. The quantitative estimate of drug-likeness (QED) is 0.707. The zero-order valence-corrected chi connectivity index (χ0v) is 14.1. The van der Waals surface area contributed by atoms with Crippen LogP contribution in [0.15, 0.2) is 89.8 Å². The van der Waals surface area contributed by atoms with Gasteiger partial charge in [-0.15, -0.1) is 0 Å². The Balaban J connectivity index is 2.02. The Morgan fingerprint density at radius 1 is 0.720 bits per heavy atom. The maximum absolute atomic E-state index is 13.3. The number of carbonyl (C=O) groups excluding carboxylic acids is 1. The van der Waals surface area contributed by atoms with Crippen molar-refractivity contribution in [1.29, 1.82) is 0 Å². The first-order valence-electron chi connectivity index (χ1n) is 7.87. The van der Waals surface area contributed by atoms with Crippen LogP contribution in [-0.2, 0) is 9.84 Å². The summed E-state index contributed by atoms with van der Waals surface area (Å²) in [4.78, 5) is 14.6. The molecule has 1 aliphatic rings. The fraction of sp³-hybridized carbons (Fsp3) is 0.0500. The van der Waals surface area contributed by atoms with Gasteiger partial charge in [-0.3, -0.25) is 9.69 Å². The molecule has 0 aliphatic carbocycles. The van der Waals surface area contributed by atoms with E-state index in [1.54, 1.807) is 66.7 Å². The van der Waals surface area contributed by atoms with Crippen molar-refractivity contribution >= 4 is 21.4 Å². The summed E-state index contributed by atoms with van der Waals surface area (Å²) in [6, 6.07) is 24.1. The Kier molecular flexibility index (Phi) is 3.66. The summed E-state index contributed by atoms with van der Waals surface area (Å²) in [6.45, 7) is 0. The van der Waals surface area contributed by atoms with E-state index in [9.17, 15) is 13.2 Å². The minimum absolute atomic E-state index is 0.0843. The van der Waals surface area contributed by atoms with E-state index in [0.717, 1.165) is 0 Å². The molecule has 1 heterocycles. The number of benzene rings is 3. The highest BCUT2D eigenvalue weighted by Gasteiger charge is 2.45. The Morgan fingerprint density at radius 3 is 1.96 bits per heavy atom. The lowest BCUT2D eigenvalue weighted by Crippen LogP contribution is -2.44. The topological polar surface area (TPSA) is 54.5 Å². The van der Waals surface area contributed by atoms with Gasteiger partial charge in [0.2, 0.25) is 9.84 Å². The number of amides is 1. The van der Waals surface area contributed by atoms with Crippen LogP contribution in [0.3, 0.4) is 0 Å². The van der Waals surface area contributed by atoms with Gasteiger partial charge in [-0.2, -0.15) is 0 Å². The molecule has 1 amide bonds. The largest absolute Gasteiger partial charge is 0.286 e. The van der Waals surface area contributed by atoms with Crippen LogP contribution >= 0.6 is 0 Å². The Bertz CT molecular complexity index is 1030. The number of sulfone groups is 1. The lowest BCUT2D eigenvalue weighted by molar-refractivity contribution is 0.0976. The molecule has 0 aromatic heterocycles. The van der Waals surface area contributed by atoms with E-state index in [0.29, 0.717) is 11.3 Å². The molecule has 0 radical (unpaired) electrons. The van der Waals surface area contributed by atoms with E-state index in [2.05, 4.69) is 0 Å². The van der Waals surface area contributed by atoms with Gasteiger partial charge in [-0.05, 0) is 29.8 Å². The van der Waals surface area contributed by atoms with Crippen molar-refractivity contribution in [3.05, 3.63) is 96.1 Å². The standard InChI is InChI=1S/C20H15NO3S/c22-19-17-13-7-8-14-18(17)25(23,24)20(15-9-3-1-4-10-15)21(19)16-11-5-2-6-12-16/h1-14,20H. The summed E-state index contributed by atoms with van der Waals surface area (Å²) in [6.07, 6.45) is 0. The summed E-state index contributed by atoms with van der Waals surface area (Å²) in [7, 11) is -3.76. The average molecular weight is 349 g/mol. The van der Waals surface area contributed by atoms with Gasteiger partial charge in [0, 0.05) is 5.69 Å². The van der Waals surface area contributed by atoms with Crippen molar-refractivity contribution in [2.45, 2.75) is 10.3 Å². The van der Waals surface area contributed by atoms with Gasteiger partial charge in [0.1, 0.15) is 0 Å². The van der Waals surface area contributed by atoms with Crippen molar-refractivity contribution in [3.8, 4) is 0 Å². The molecule has 0 spiro atoms. The first kappa shape index (κ1) is 15.6. The molecule has 1 aliphatic heterocycles. The average Bonchev–Trinajstić information content (AvgIpc) is 2.66. The Labute approximate surface area is 146 Å². The summed E-state index contributed by atoms with van der Waals surface area (Å²) < 4.78 is 26.7. The van der Waals surface area contributed by atoms with E-state index < -0.39 is 15.2 Å². The first-order chi connectivity index (χ1) is 12.1. The van der Waals surface area contributed by atoms with Crippen LogP contribution in [0.5, 0.6) is 0 Å². The molecule has 0 bridgehead atoms. The van der Waals surface area contributed by atoms with Crippen LogP contribution in [0, 0.1) is 0 Å². The Hall–Kier alpha value is -2.92. The third-order valence-electron chi connectivity index (χ3n) is 4.29. The zero-order valence-electron chi connectivity index (χ0n) is 13.2. The van der Waals surface area contributed by atoms with Gasteiger partial charge in [0.05, 0.1) is 10.5 Å². The second-order valence-electron chi connectivity index (χ2n) is 5.81. The lowest BCUT2D eigenvalue weighted by Gasteiger charge is -2.36. The van der Waals surface area contributed by atoms with Gasteiger partial charge >= 0.3 is 0 Å². The molecule has 3 aromatic carbocycles. The molecule has 4 nitrogen and oxygen atoms in total. The molecule has 0 N–H and O–H groups in total. The molecule has 4 rings (SSSR count). The van der Waals surface area contributed by atoms with Gasteiger partial charge in [0.25, 0.3) is 5.91 Å². The summed E-state index contributed by atoms with van der Waals surface area (Å²) in [5.74, 6) is -0.314. The second kappa shape index (κ2) is 5.86. The molecular formula is C20H15NO3S. The number of hydrogen-bond acceptors (Lipinski definition) is 3. The number of anilines is 1. The Morgan fingerprint density at radius 2 is 1.28 bits per heavy atom. The van der Waals surface area contributed by atoms with Gasteiger partial charge in [-0.25, -0.2) is 8.42 Å². The predicted molar refractivity (Wildman–Crippen MR) is 96.1 cm³/mol. The van der Waals surface area contributed by atoms with Crippen LogP contribution in [0.2, 0.25) is 0 Å². The minimum atomic E-state index is -3.76. The third kappa shape index (κ3) is 2.44. The fourth-order valence-corrected chi connectivity index (χ4v) is 5.15. The van der Waals surface area contributed by atoms with Crippen LogP contribution in [0.1, 0.15) is 21.3 Å². The first-order valence-corrected chi connectivity index (χ1v) is 9.42. The summed E-state index contributed by atoms with van der Waals surface area (Å²) in [5.41, 5.74) is 1.33. The van der Waals surface area contributed by atoms with Crippen molar-refractivity contribution in [3.63, 3.8) is 0 Å². The lowest BCUT2D eigenvalue weighted by atomic mass is 10.1. The highest BCUT2D eigenvalue weighted by atomic mass is 32.2. The maximum atomic E-state index is 13.3. The van der Waals surface area contributed by atoms with Crippen LogP contribution in [0.4, 0.5) is 5.69 Å². The summed E-state index contributed by atoms with van der Waals surface area (Å²) in [5, 5.41) is -1.08. The molecule has 0 fully saturated rings. The van der Waals surface area contributed by atoms with E-state index in [1.807, 2.05) is 12.1 Å². The number of nitrogens with zero attached hydrogens (tertiary/aromatic N) is 1. The molecule has 0 saturated carbocycles. The van der Waals surface area contributed by atoms with Gasteiger partial charge in [-0.1, -0.05) is 60.7 Å². The monoisotopic (exact) mass is 349 g/mol. The van der Waals surface area contributed by atoms with Crippen LogP contribution < -0.4 is 4.90 Å². The van der Waals surface area contributed by atoms with Crippen molar-refractivity contribution in [2.24, 2.45) is 0 Å². The molecule has 5 heteroatoms. The maximum Gasteiger partial charge on any atom is 0.261 e. The number of para-hydroxylation sites is 1. The molecule has 3 aromatic rings. The number of fused-ring (bicyclic) bond motifs is 1.